The summed E-state index contributed by atoms with van der Waals surface area (Å²) in [7, 11) is 1.80. The molecule has 1 atom stereocenters. The van der Waals surface area contributed by atoms with Gasteiger partial charge in [0, 0.05) is 37.0 Å². The van der Waals surface area contributed by atoms with E-state index in [1.165, 1.54) is 12.1 Å². The van der Waals surface area contributed by atoms with Crippen molar-refractivity contribution in [2.24, 2.45) is 5.92 Å². The van der Waals surface area contributed by atoms with Crippen molar-refractivity contribution in [3.05, 3.63) is 59.8 Å². The van der Waals surface area contributed by atoms with E-state index in [-0.39, 0.29) is 28.7 Å². The van der Waals surface area contributed by atoms with Gasteiger partial charge in [-0.3, -0.25) is 0 Å². The summed E-state index contributed by atoms with van der Waals surface area (Å²) in [5.41, 5.74) is 3.43. The van der Waals surface area contributed by atoms with Crippen molar-refractivity contribution in [2.45, 2.75) is 58.2 Å². The number of amides is 2. The average molecular weight is 528 g/mol. The molecule has 38 heavy (non-hydrogen) atoms. The van der Waals surface area contributed by atoms with Crippen LogP contribution in [-0.4, -0.2) is 47.9 Å². The predicted molar refractivity (Wildman–Crippen MR) is 144 cm³/mol. The van der Waals surface area contributed by atoms with Gasteiger partial charge >= 0.3 is 12.0 Å². The molecule has 1 unspecified atom stereocenters. The Bertz CT molecular complexity index is 1210. The standard InChI is InChI=1S/C28H35F2N5O3/c1-17(2)16-35(19-7-5-4-6-8-19)25-15-23(30)22(21-13-18(29)9-10-20(21)27(36)37)14-24(25)31-28(38)32-26-11-12-34(3)33-26/h9-15,17,19,26,33H,4-8,16H2,1-3H3,(H,36,37)(H2,31,32,38). The summed E-state index contributed by atoms with van der Waals surface area (Å²) in [6.07, 6.45) is 8.32. The Morgan fingerprint density at radius 3 is 2.50 bits per heavy atom. The van der Waals surface area contributed by atoms with Gasteiger partial charge in [0.1, 0.15) is 17.8 Å². The molecule has 1 aliphatic carbocycles. The molecular weight excluding hydrogens is 492 g/mol. The Balaban J connectivity index is 1.79. The molecule has 0 aromatic heterocycles. The maximum atomic E-state index is 15.8. The molecule has 4 rings (SSSR count). The van der Waals surface area contributed by atoms with Crippen LogP contribution >= 0.6 is 0 Å². The Kier molecular flexibility index (Phi) is 8.51. The summed E-state index contributed by atoms with van der Waals surface area (Å²) in [5.74, 6) is -2.41. The fourth-order valence-corrected chi connectivity index (χ4v) is 5.16. The molecule has 2 amide bonds. The number of urea groups is 1. The predicted octanol–water partition coefficient (Wildman–Crippen LogP) is 5.54. The Morgan fingerprint density at radius 2 is 1.87 bits per heavy atom. The third-order valence-electron chi connectivity index (χ3n) is 6.85. The molecule has 2 aromatic carbocycles. The molecule has 0 radical (unpaired) electrons. The molecule has 2 aromatic rings. The van der Waals surface area contributed by atoms with Crippen LogP contribution in [0.15, 0.2) is 42.6 Å². The number of carboxylic acids is 1. The highest BCUT2D eigenvalue weighted by Gasteiger charge is 2.27. The molecule has 2 aliphatic rings. The van der Waals surface area contributed by atoms with Crippen molar-refractivity contribution in [3.8, 4) is 11.1 Å². The fourth-order valence-electron chi connectivity index (χ4n) is 5.16. The third-order valence-corrected chi connectivity index (χ3v) is 6.85. The van der Waals surface area contributed by atoms with E-state index in [0.717, 1.165) is 50.3 Å². The van der Waals surface area contributed by atoms with Crippen molar-refractivity contribution in [1.29, 1.82) is 0 Å². The number of aromatic carboxylic acids is 1. The summed E-state index contributed by atoms with van der Waals surface area (Å²) in [6.45, 7) is 4.82. The van der Waals surface area contributed by atoms with Crippen LogP contribution in [0, 0.1) is 17.6 Å². The lowest BCUT2D eigenvalue weighted by atomic mass is 9.92. The van der Waals surface area contributed by atoms with E-state index in [1.807, 2.05) is 0 Å². The van der Waals surface area contributed by atoms with Crippen LogP contribution in [0.3, 0.4) is 0 Å². The second-order valence-electron chi connectivity index (χ2n) is 10.3. The van der Waals surface area contributed by atoms with Crippen LogP contribution in [-0.2, 0) is 0 Å². The number of benzene rings is 2. The number of hydrazine groups is 1. The zero-order valence-electron chi connectivity index (χ0n) is 21.9. The van der Waals surface area contributed by atoms with Crippen molar-refractivity contribution in [2.75, 3.05) is 23.8 Å². The van der Waals surface area contributed by atoms with Gasteiger partial charge in [0.25, 0.3) is 0 Å². The average Bonchev–Trinajstić information content (AvgIpc) is 3.27. The number of nitrogens with one attached hydrogen (secondary N) is 3. The zero-order chi connectivity index (χ0) is 27.4. The first kappa shape index (κ1) is 27.4. The molecule has 1 aliphatic heterocycles. The number of hydrogen-bond donors (Lipinski definition) is 4. The molecule has 10 heteroatoms. The van der Waals surface area contributed by atoms with Crippen LogP contribution in [0.5, 0.6) is 0 Å². The van der Waals surface area contributed by atoms with Crippen LogP contribution in [0.2, 0.25) is 0 Å². The van der Waals surface area contributed by atoms with Crippen LogP contribution in [0.4, 0.5) is 25.0 Å². The number of rotatable bonds is 8. The van der Waals surface area contributed by atoms with Crippen LogP contribution < -0.4 is 21.0 Å². The van der Waals surface area contributed by atoms with Gasteiger partial charge in [0.2, 0.25) is 0 Å². The lowest BCUT2D eigenvalue weighted by Gasteiger charge is -2.38. The van der Waals surface area contributed by atoms with E-state index in [4.69, 9.17) is 0 Å². The number of nitrogens with zero attached hydrogens (tertiary/aromatic N) is 2. The van der Waals surface area contributed by atoms with Gasteiger partial charge in [-0.2, -0.15) is 0 Å². The lowest BCUT2D eigenvalue weighted by Crippen LogP contribution is -2.47. The minimum Gasteiger partial charge on any atom is -0.478 e. The smallest absolute Gasteiger partial charge is 0.336 e. The Hall–Kier alpha value is -3.66. The monoisotopic (exact) mass is 527 g/mol. The van der Waals surface area contributed by atoms with E-state index in [1.54, 1.807) is 24.3 Å². The van der Waals surface area contributed by atoms with Gasteiger partial charge in [0.05, 0.1) is 16.9 Å². The van der Waals surface area contributed by atoms with E-state index in [9.17, 15) is 19.1 Å². The van der Waals surface area contributed by atoms with Crippen molar-refractivity contribution in [1.82, 2.24) is 15.8 Å². The first-order chi connectivity index (χ1) is 18.1. The molecule has 1 fully saturated rings. The minimum atomic E-state index is -1.30. The molecule has 0 saturated heterocycles. The van der Waals surface area contributed by atoms with Crippen molar-refractivity contribution >= 4 is 23.4 Å². The number of carboxylic acid groups (broad SMARTS) is 1. The summed E-state index contributed by atoms with van der Waals surface area (Å²) in [6, 6.07) is 5.54. The molecule has 1 heterocycles. The summed E-state index contributed by atoms with van der Waals surface area (Å²) in [5, 5.41) is 17.0. The topological polar surface area (TPSA) is 96.9 Å². The summed E-state index contributed by atoms with van der Waals surface area (Å²) >= 11 is 0. The van der Waals surface area contributed by atoms with Crippen molar-refractivity contribution in [3.63, 3.8) is 0 Å². The third kappa shape index (κ3) is 6.42. The summed E-state index contributed by atoms with van der Waals surface area (Å²) in [4.78, 5) is 27.0. The normalized spacial score (nSPS) is 17.6. The Morgan fingerprint density at radius 1 is 1.13 bits per heavy atom. The van der Waals surface area contributed by atoms with Gasteiger partial charge in [-0.05, 0) is 55.2 Å². The maximum absolute atomic E-state index is 15.8. The van der Waals surface area contributed by atoms with Gasteiger partial charge in [-0.15, -0.1) is 0 Å². The highest BCUT2D eigenvalue weighted by atomic mass is 19.1. The van der Waals surface area contributed by atoms with Gasteiger partial charge in [-0.25, -0.2) is 23.8 Å². The van der Waals surface area contributed by atoms with E-state index in [0.29, 0.717) is 17.9 Å². The first-order valence-corrected chi connectivity index (χ1v) is 13.0. The second-order valence-corrected chi connectivity index (χ2v) is 10.3. The molecule has 0 bridgehead atoms. The highest BCUT2D eigenvalue weighted by Crippen LogP contribution is 2.39. The minimum absolute atomic E-state index is 0.0971. The second kappa shape index (κ2) is 11.8. The molecule has 0 spiro atoms. The number of carbonyl (C=O) groups is 2. The van der Waals surface area contributed by atoms with Gasteiger partial charge in [-0.1, -0.05) is 33.1 Å². The van der Waals surface area contributed by atoms with E-state index in [2.05, 4.69) is 34.8 Å². The Labute approximate surface area is 221 Å². The number of anilines is 2. The van der Waals surface area contributed by atoms with E-state index < -0.39 is 29.8 Å². The van der Waals surface area contributed by atoms with Crippen molar-refractivity contribution < 1.29 is 23.5 Å². The number of carbonyl (C=O) groups excluding carboxylic acids is 1. The molecule has 4 N–H and O–H groups in total. The van der Waals surface area contributed by atoms with Crippen LogP contribution in [0.1, 0.15) is 56.3 Å². The molecular formula is C28H35F2N5O3. The molecule has 8 nitrogen and oxygen atoms in total. The SMILES string of the molecule is CC(C)CN(c1cc(F)c(-c2cc(F)ccc2C(=O)O)cc1NC(=O)NC1C=CN(C)N1)C1CCCCC1. The molecule has 204 valence electrons. The largest absolute Gasteiger partial charge is 0.478 e. The quantitative estimate of drug-likeness (QED) is 0.360. The molecule has 1 saturated carbocycles. The number of hydrogen-bond acceptors (Lipinski definition) is 5. The number of halogens is 2. The van der Waals surface area contributed by atoms with Gasteiger partial charge in [0.15, 0.2) is 0 Å². The van der Waals surface area contributed by atoms with Crippen LogP contribution in [0.25, 0.3) is 11.1 Å². The lowest BCUT2D eigenvalue weighted by molar-refractivity contribution is 0.0697. The highest BCUT2D eigenvalue weighted by molar-refractivity contribution is 5.99. The zero-order valence-corrected chi connectivity index (χ0v) is 21.9. The maximum Gasteiger partial charge on any atom is 0.336 e. The summed E-state index contributed by atoms with van der Waals surface area (Å²) < 4.78 is 29.9. The van der Waals surface area contributed by atoms with E-state index >= 15 is 4.39 Å². The fraction of sp³-hybridized carbons (Fsp3) is 0.429. The van der Waals surface area contributed by atoms with Gasteiger partial charge < -0.3 is 25.6 Å². The first-order valence-electron chi connectivity index (χ1n) is 13.0.